The van der Waals surface area contributed by atoms with Crippen LogP contribution >= 0.6 is 0 Å². The maximum atomic E-state index is 13.6. The number of fused-ring (bicyclic) bond motifs is 1. The lowest BCUT2D eigenvalue weighted by atomic mass is 9.91. The van der Waals surface area contributed by atoms with Gasteiger partial charge in [-0.15, -0.1) is 0 Å². The number of likely N-dealkylation sites (tertiary alicyclic amines) is 1. The molecule has 4 rings (SSSR count). The van der Waals surface area contributed by atoms with Crippen molar-refractivity contribution in [2.75, 3.05) is 18.4 Å². The van der Waals surface area contributed by atoms with E-state index >= 15 is 0 Å². The fourth-order valence-electron chi connectivity index (χ4n) is 3.66. The minimum atomic E-state index is -0.320. The van der Waals surface area contributed by atoms with E-state index in [1.807, 2.05) is 0 Å². The molecule has 1 fully saturated rings. The number of anilines is 1. The van der Waals surface area contributed by atoms with Crippen LogP contribution < -0.4 is 5.32 Å². The van der Waals surface area contributed by atoms with E-state index in [0.717, 1.165) is 18.5 Å². The van der Waals surface area contributed by atoms with Gasteiger partial charge in [0.2, 0.25) is 11.8 Å². The molecule has 7 nitrogen and oxygen atoms in total. The molecule has 0 unspecified atom stereocenters. The molecule has 0 atom stereocenters. The predicted octanol–water partition coefficient (Wildman–Crippen LogP) is 3.49. The maximum absolute atomic E-state index is 13.6. The van der Waals surface area contributed by atoms with Crippen molar-refractivity contribution in [3.8, 4) is 0 Å². The molecular formula is C21H21FN4O3. The molecule has 2 amide bonds. The molecule has 1 N–H and O–H groups in total. The van der Waals surface area contributed by atoms with Crippen molar-refractivity contribution in [1.82, 2.24) is 15.0 Å². The van der Waals surface area contributed by atoms with Gasteiger partial charge < -0.3 is 14.7 Å². The van der Waals surface area contributed by atoms with Crippen molar-refractivity contribution in [1.29, 1.82) is 0 Å². The number of halogens is 1. The number of piperidine rings is 1. The monoisotopic (exact) mass is 396 g/mol. The summed E-state index contributed by atoms with van der Waals surface area (Å²) in [6.45, 7) is 1.16. The molecule has 0 spiro atoms. The standard InChI is InChI=1S/C21H21FN4O3/c22-15-1-2-18-17(13-15)21(25-29-18)14-7-11-26(12-8-14)20(28)4-3-19(27)24-16-5-9-23-10-6-16/h1-2,5-6,9-10,13-14H,3-4,7-8,11-12H2,(H,23,24,27). The summed E-state index contributed by atoms with van der Waals surface area (Å²) >= 11 is 0. The van der Waals surface area contributed by atoms with Crippen LogP contribution in [0, 0.1) is 5.82 Å². The minimum Gasteiger partial charge on any atom is -0.356 e. The van der Waals surface area contributed by atoms with Crippen molar-refractivity contribution in [2.45, 2.75) is 31.6 Å². The summed E-state index contributed by atoms with van der Waals surface area (Å²) < 4.78 is 18.9. The van der Waals surface area contributed by atoms with E-state index in [1.165, 1.54) is 12.1 Å². The zero-order chi connectivity index (χ0) is 20.2. The Hall–Kier alpha value is -3.29. The zero-order valence-electron chi connectivity index (χ0n) is 15.8. The number of hydrogen-bond donors (Lipinski definition) is 1. The lowest BCUT2D eigenvalue weighted by Crippen LogP contribution is -2.38. The summed E-state index contributed by atoms with van der Waals surface area (Å²) in [5.41, 5.74) is 1.98. The average molecular weight is 396 g/mol. The van der Waals surface area contributed by atoms with Crippen molar-refractivity contribution in [3.63, 3.8) is 0 Å². The van der Waals surface area contributed by atoms with Crippen LogP contribution in [-0.2, 0) is 9.59 Å². The van der Waals surface area contributed by atoms with Gasteiger partial charge in [-0.1, -0.05) is 5.16 Å². The van der Waals surface area contributed by atoms with Crippen molar-refractivity contribution in [3.05, 3.63) is 54.2 Å². The zero-order valence-corrected chi connectivity index (χ0v) is 15.8. The molecule has 1 aliphatic heterocycles. The molecule has 0 saturated carbocycles. The second kappa shape index (κ2) is 8.38. The quantitative estimate of drug-likeness (QED) is 0.713. The Labute approximate surface area is 166 Å². The van der Waals surface area contributed by atoms with E-state index in [1.54, 1.807) is 35.5 Å². The van der Waals surface area contributed by atoms with Gasteiger partial charge in [-0.25, -0.2) is 4.39 Å². The van der Waals surface area contributed by atoms with Crippen LogP contribution in [0.3, 0.4) is 0 Å². The van der Waals surface area contributed by atoms with Gasteiger partial charge >= 0.3 is 0 Å². The number of pyridine rings is 1. The number of nitrogens with zero attached hydrogens (tertiary/aromatic N) is 3. The normalized spacial score (nSPS) is 14.9. The Morgan fingerprint density at radius 1 is 1.14 bits per heavy atom. The van der Waals surface area contributed by atoms with E-state index in [2.05, 4.69) is 15.5 Å². The van der Waals surface area contributed by atoms with E-state index in [4.69, 9.17) is 4.52 Å². The average Bonchev–Trinajstić information content (AvgIpc) is 3.16. The van der Waals surface area contributed by atoms with Gasteiger partial charge in [-0.3, -0.25) is 14.6 Å². The van der Waals surface area contributed by atoms with E-state index in [0.29, 0.717) is 29.7 Å². The van der Waals surface area contributed by atoms with Crippen LogP contribution in [0.5, 0.6) is 0 Å². The first-order valence-corrected chi connectivity index (χ1v) is 9.62. The highest BCUT2D eigenvalue weighted by molar-refractivity contribution is 5.93. The lowest BCUT2D eigenvalue weighted by Gasteiger charge is -2.31. The van der Waals surface area contributed by atoms with Crippen LogP contribution in [0.25, 0.3) is 11.0 Å². The SMILES string of the molecule is O=C(CCC(=O)N1CCC(c2noc3ccc(F)cc23)CC1)Nc1ccncc1. The Balaban J connectivity index is 1.28. The molecule has 1 aromatic carbocycles. The van der Waals surface area contributed by atoms with Crippen molar-refractivity contribution in [2.24, 2.45) is 0 Å². The summed E-state index contributed by atoms with van der Waals surface area (Å²) in [5, 5.41) is 7.57. The van der Waals surface area contributed by atoms with Gasteiger partial charge in [-0.05, 0) is 43.2 Å². The van der Waals surface area contributed by atoms with Crippen molar-refractivity contribution >= 4 is 28.5 Å². The van der Waals surface area contributed by atoms with Gasteiger partial charge in [0.25, 0.3) is 0 Å². The highest BCUT2D eigenvalue weighted by Crippen LogP contribution is 2.33. The molecule has 1 aliphatic rings. The first kappa shape index (κ1) is 19.0. The van der Waals surface area contributed by atoms with Crippen LogP contribution in [-0.4, -0.2) is 39.9 Å². The summed E-state index contributed by atoms with van der Waals surface area (Å²) in [5.74, 6) is -0.434. The molecule has 1 saturated heterocycles. The molecule has 0 aliphatic carbocycles. The number of hydrogen-bond acceptors (Lipinski definition) is 5. The van der Waals surface area contributed by atoms with Crippen molar-refractivity contribution < 1.29 is 18.5 Å². The van der Waals surface area contributed by atoms with Gasteiger partial charge in [0.05, 0.1) is 5.69 Å². The molecular weight excluding hydrogens is 375 g/mol. The van der Waals surface area contributed by atoms with Gasteiger partial charge in [-0.2, -0.15) is 0 Å². The van der Waals surface area contributed by atoms with E-state index in [9.17, 15) is 14.0 Å². The second-order valence-corrected chi connectivity index (χ2v) is 7.15. The van der Waals surface area contributed by atoms with Gasteiger partial charge in [0, 0.05) is 55.3 Å². The molecule has 3 heterocycles. The smallest absolute Gasteiger partial charge is 0.224 e. The number of aromatic nitrogens is 2. The molecule has 3 aromatic rings. The lowest BCUT2D eigenvalue weighted by molar-refractivity contribution is -0.133. The molecule has 8 heteroatoms. The van der Waals surface area contributed by atoms with E-state index < -0.39 is 0 Å². The summed E-state index contributed by atoms with van der Waals surface area (Å²) in [6.07, 6.45) is 4.95. The van der Waals surface area contributed by atoms with E-state index in [-0.39, 0.29) is 36.4 Å². The summed E-state index contributed by atoms with van der Waals surface area (Å²) in [4.78, 5) is 30.1. The highest BCUT2D eigenvalue weighted by atomic mass is 19.1. The molecule has 0 radical (unpaired) electrons. The first-order valence-electron chi connectivity index (χ1n) is 9.62. The Bertz CT molecular complexity index is 1010. The maximum Gasteiger partial charge on any atom is 0.224 e. The second-order valence-electron chi connectivity index (χ2n) is 7.15. The third-order valence-electron chi connectivity index (χ3n) is 5.22. The molecule has 0 bridgehead atoms. The van der Waals surface area contributed by atoms with Gasteiger partial charge in [0.1, 0.15) is 5.82 Å². The molecule has 29 heavy (non-hydrogen) atoms. The first-order chi connectivity index (χ1) is 14.1. The number of carbonyl (C=O) groups is 2. The fraction of sp³-hybridized carbons (Fsp3) is 0.333. The number of nitrogens with one attached hydrogen (secondary N) is 1. The summed E-state index contributed by atoms with van der Waals surface area (Å²) in [7, 11) is 0. The highest BCUT2D eigenvalue weighted by Gasteiger charge is 2.27. The third-order valence-corrected chi connectivity index (χ3v) is 5.22. The number of rotatable bonds is 5. The fourth-order valence-corrected chi connectivity index (χ4v) is 3.66. The number of amides is 2. The Kier molecular flexibility index (Phi) is 5.50. The van der Waals surface area contributed by atoms with Gasteiger partial charge in [0.15, 0.2) is 5.58 Å². The van der Waals surface area contributed by atoms with Crippen LogP contribution in [0.4, 0.5) is 10.1 Å². The topological polar surface area (TPSA) is 88.3 Å². The minimum absolute atomic E-state index is 0.0376. The predicted molar refractivity (Wildman–Crippen MR) is 105 cm³/mol. The largest absolute Gasteiger partial charge is 0.356 e. The molecule has 150 valence electrons. The molecule has 2 aromatic heterocycles. The Morgan fingerprint density at radius 3 is 2.66 bits per heavy atom. The number of carbonyl (C=O) groups excluding carboxylic acids is 2. The van der Waals surface area contributed by atoms with Crippen LogP contribution in [0.15, 0.2) is 47.2 Å². The van der Waals surface area contributed by atoms with Crippen LogP contribution in [0.2, 0.25) is 0 Å². The van der Waals surface area contributed by atoms with Crippen LogP contribution in [0.1, 0.15) is 37.3 Å². The summed E-state index contributed by atoms with van der Waals surface area (Å²) in [6, 6.07) is 7.77. The number of benzene rings is 1. The Morgan fingerprint density at radius 2 is 1.90 bits per heavy atom. The third kappa shape index (κ3) is 4.42.